The SMILES string of the molecule is C=C(/C=C\C)C(=O)C(C)(C)CCN(C)C(=O)OC(C)(C)C. The van der Waals surface area contributed by atoms with E-state index in [-0.39, 0.29) is 11.9 Å². The van der Waals surface area contributed by atoms with Crippen LogP contribution in [0.25, 0.3) is 0 Å². The van der Waals surface area contributed by atoms with Crippen LogP contribution in [0.15, 0.2) is 24.3 Å². The number of ketones is 1. The first kappa shape index (κ1) is 19.4. The topological polar surface area (TPSA) is 46.6 Å². The summed E-state index contributed by atoms with van der Waals surface area (Å²) >= 11 is 0. The molecule has 0 radical (unpaired) electrons. The van der Waals surface area contributed by atoms with Crippen LogP contribution in [0.5, 0.6) is 0 Å². The molecule has 0 aromatic heterocycles. The number of rotatable bonds is 6. The van der Waals surface area contributed by atoms with Gasteiger partial charge in [-0.05, 0) is 34.1 Å². The fraction of sp³-hybridized carbons (Fsp3) is 0.647. The Kier molecular flexibility index (Phi) is 6.88. The molecule has 0 atom stereocenters. The molecule has 0 aliphatic rings. The standard InChI is InChI=1S/C17H29NO3/c1-9-10-13(2)14(19)17(6,7)11-12-18(8)15(20)21-16(3,4)5/h9-10H,2,11-12H2,1,3-8H3/b10-9-. The molecule has 4 heteroatoms. The van der Waals surface area contributed by atoms with Gasteiger partial charge < -0.3 is 9.64 Å². The fourth-order valence-electron chi connectivity index (χ4n) is 1.70. The monoisotopic (exact) mass is 295 g/mol. The number of hydrogen-bond donors (Lipinski definition) is 0. The molecule has 0 rings (SSSR count). The zero-order valence-electron chi connectivity index (χ0n) is 14.4. The Morgan fingerprint density at radius 1 is 1.19 bits per heavy atom. The second-order valence-corrected chi connectivity index (χ2v) is 6.89. The van der Waals surface area contributed by atoms with Crippen LogP contribution >= 0.6 is 0 Å². The maximum atomic E-state index is 12.3. The van der Waals surface area contributed by atoms with E-state index in [0.29, 0.717) is 18.5 Å². The second kappa shape index (κ2) is 7.43. The average molecular weight is 295 g/mol. The van der Waals surface area contributed by atoms with Crippen LogP contribution in [-0.2, 0) is 9.53 Å². The van der Waals surface area contributed by atoms with Crippen molar-refractivity contribution in [3.8, 4) is 0 Å². The number of carbonyl (C=O) groups is 2. The molecule has 0 heterocycles. The van der Waals surface area contributed by atoms with Crippen LogP contribution in [0.4, 0.5) is 4.79 Å². The van der Waals surface area contributed by atoms with Crippen LogP contribution in [0.2, 0.25) is 0 Å². The van der Waals surface area contributed by atoms with Gasteiger partial charge in [-0.15, -0.1) is 0 Å². The third-order valence-corrected chi connectivity index (χ3v) is 3.05. The van der Waals surface area contributed by atoms with Gasteiger partial charge >= 0.3 is 6.09 Å². The van der Waals surface area contributed by atoms with E-state index in [2.05, 4.69) is 6.58 Å². The van der Waals surface area contributed by atoms with Gasteiger partial charge in [0.25, 0.3) is 0 Å². The normalized spacial score (nSPS) is 12.3. The van der Waals surface area contributed by atoms with Gasteiger partial charge in [-0.25, -0.2) is 4.79 Å². The van der Waals surface area contributed by atoms with Crippen molar-refractivity contribution in [1.29, 1.82) is 0 Å². The van der Waals surface area contributed by atoms with Crippen molar-refractivity contribution < 1.29 is 14.3 Å². The van der Waals surface area contributed by atoms with E-state index in [0.717, 1.165) is 0 Å². The molecule has 0 aliphatic carbocycles. The molecule has 0 fully saturated rings. The number of hydrogen-bond acceptors (Lipinski definition) is 3. The molecule has 4 nitrogen and oxygen atoms in total. The van der Waals surface area contributed by atoms with Gasteiger partial charge in [-0.3, -0.25) is 4.79 Å². The van der Waals surface area contributed by atoms with Crippen LogP contribution in [0, 0.1) is 5.41 Å². The van der Waals surface area contributed by atoms with E-state index in [1.165, 1.54) is 4.90 Å². The predicted molar refractivity (Wildman–Crippen MR) is 86.2 cm³/mol. The Morgan fingerprint density at radius 3 is 2.14 bits per heavy atom. The maximum absolute atomic E-state index is 12.3. The van der Waals surface area contributed by atoms with Crippen molar-refractivity contribution >= 4 is 11.9 Å². The van der Waals surface area contributed by atoms with Gasteiger partial charge in [0.1, 0.15) is 5.60 Å². The molecule has 21 heavy (non-hydrogen) atoms. The molecule has 0 saturated carbocycles. The second-order valence-electron chi connectivity index (χ2n) is 6.89. The van der Waals surface area contributed by atoms with Crippen LogP contribution in [-0.4, -0.2) is 36.0 Å². The largest absolute Gasteiger partial charge is 0.444 e. The van der Waals surface area contributed by atoms with Crippen LogP contribution < -0.4 is 0 Å². The number of allylic oxidation sites excluding steroid dienone is 3. The molecular weight excluding hydrogens is 266 g/mol. The molecule has 0 aromatic carbocycles. The van der Waals surface area contributed by atoms with E-state index in [9.17, 15) is 9.59 Å². The minimum absolute atomic E-state index is 0.00168. The maximum Gasteiger partial charge on any atom is 0.410 e. The Labute approximate surface area is 128 Å². The van der Waals surface area contributed by atoms with E-state index in [1.54, 1.807) is 19.2 Å². The number of nitrogens with zero attached hydrogens (tertiary/aromatic N) is 1. The molecule has 1 amide bonds. The zero-order chi connectivity index (χ0) is 16.8. The average Bonchev–Trinajstić information content (AvgIpc) is 2.33. The Balaban J connectivity index is 4.59. The van der Waals surface area contributed by atoms with Crippen molar-refractivity contribution in [2.45, 2.75) is 53.6 Å². The highest BCUT2D eigenvalue weighted by Crippen LogP contribution is 2.26. The smallest absolute Gasteiger partial charge is 0.410 e. The predicted octanol–water partition coefficient (Wildman–Crippen LogP) is 3.97. The van der Waals surface area contributed by atoms with Crippen molar-refractivity contribution in [1.82, 2.24) is 4.90 Å². The van der Waals surface area contributed by atoms with Crippen LogP contribution in [0.1, 0.15) is 48.0 Å². The lowest BCUT2D eigenvalue weighted by Gasteiger charge is -2.28. The summed E-state index contributed by atoms with van der Waals surface area (Å²) < 4.78 is 5.28. The Bertz CT molecular complexity index is 428. The summed E-state index contributed by atoms with van der Waals surface area (Å²) in [5, 5.41) is 0. The van der Waals surface area contributed by atoms with E-state index >= 15 is 0 Å². The Hall–Kier alpha value is -1.58. The first-order chi connectivity index (χ1) is 9.40. The third-order valence-electron chi connectivity index (χ3n) is 3.05. The number of Topliss-reactive ketones (excluding diaryl/α,β-unsaturated/α-hetero) is 1. The summed E-state index contributed by atoms with van der Waals surface area (Å²) in [6.07, 6.45) is 3.68. The number of amides is 1. The highest BCUT2D eigenvalue weighted by Gasteiger charge is 2.29. The molecule has 0 aliphatic heterocycles. The lowest BCUT2D eigenvalue weighted by Crippen LogP contribution is -2.37. The van der Waals surface area contributed by atoms with Crippen molar-refractivity contribution in [2.24, 2.45) is 5.41 Å². The van der Waals surface area contributed by atoms with Gasteiger partial charge in [0, 0.05) is 24.6 Å². The summed E-state index contributed by atoms with van der Waals surface area (Å²) in [6, 6.07) is 0. The molecule has 0 aromatic rings. The summed E-state index contributed by atoms with van der Waals surface area (Å²) in [6.45, 7) is 15.3. The van der Waals surface area contributed by atoms with Crippen LogP contribution in [0.3, 0.4) is 0 Å². The molecular formula is C17H29NO3. The third kappa shape index (κ3) is 7.11. The first-order valence-corrected chi connectivity index (χ1v) is 7.21. The fourth-order valence-corrected chi connectivity index (χ4v) is 1.70. The van der Waals surface area contributed by atoms with Gasteiger partial charge in [0.05, 0.1) is 0 Å². The summed E-state index contributed by atoms with van der Waals surface area (Å²) in [5.74, 6) is -0.00168. The van der Waals surface area contributed by atoms with Crippen molar-refractivity contribution in [3.05, 3.63) is 24.3 Å². The van der Waals surface area contributed by atoms with E-state index in [1.807, 2.05) is 41.5 Å². The first-order valence-electron chi connectivity index (χ1n) is 7.21. The molecule has 120 valence electrons. The molecule has 0 N–H and O–H groups in total. The van der Waals surface area contributed by atoms with E-state index < -0.39 is 11.0 Å². The molecule has 0 bridgehead atoms. The lowest BCUT2D eigenvalue weighted by molar-refractivity contribution is -0.123. The number of carbonyl (C=O) groups excluding carboxylic acids is 2. The highest BCUT2D eigenvalue weighted by atomic mass is 16.6. The van der Waals surface area contributed by atoms with Crippen molar-refractivity contribution in [2.75, 3.05) is 13.6 Å². The summed E-state index contributed by atoms with van der Waals surface area (Å²) in [7, 11) is 1.68. The zero-order valence-corrected chi connectivity index (χ0v) is 14.4. The Morgan fingerprint density at radius 2 is 1.71 bits per heavy atom. The van der Waals surface area contributed by atoms with Gasteiger partial charge in [0.2, 0.25) is 0 Å². The van der Waals surface area contributed by atoms with Gasteiger partial charge in [-0.1, -0.05) is 32.6 Å². The van der Waals surface area contributed by atoms with Gasteiger partial charge in [0.15, 0.2) is 5.78 Å². The molecule has 0 unspecified atom stereocenters. The van der Waals surface area contributed by atoms with Gasteiger partial charge in [-0.2, -0.15) is 0 Å². The minimum atomic E-state index is -0.563. The molecule has 0 spiro atoms. The molecule has 0 saturated heterocycles. The summed E-state index contributed by atoms with van der Waals surface area (Å²) in [5.41, 5.74) is -0.591. The van der Waals surface area contributed by atoms with E-state index in [4.69, 9.17) is 4.74 Å². The summed E-state index contributed by atoms with van der Waals surface area (Å²) in [4.78, 5) is 25.7. The number of ether oxygens (including phenoxy) is 1. The minimum Gasteiger partial charge on any atom is -0.444 e. The van der Waals surface area contributed by atoms with Crippen molar-refractivity contribution in [3.63, 3.8) is 0 Å². The highest BCUT2D eigenvalue weighted by molar-refractivity contribution is 6.01. The lowest BCUT2D eigenvalue weighted by atomic mass is 9.81. The quantitative estimate of drug-likeness (QED) is 0.550.